The monoisotopic (exact) mass is 271 g/mol. The zero-order chi connectivity index (χ0) is 14.4. The lowest BCUT2D eigenvalue weighted by Gasteiger charge is -2.20. The van der Waals surface area contributed by atoms with E-state index < -0.39 is 36.5 Å². The number of esters is 1. The second-order valence-corrected chi connectivity index (χ2v) is 3.86. The zero-order valence-electron chi connectivity index (χ0n) is 9.94. The van der Waals surface area contributed by atoms with Gasteiger partial charge in [0.05, 0.1) is 0 Å². The van der Waals surface area contributed by atoms with E-state index in [-0.39, 0.29) is 0 Å². The van der Waals surface area contributed by atoms with Gasteiger partial charge in [0.25, 0.3) is 5.91 Å². The maximum Gasteiger partial charge on any atom is 0.331 e. The van der Waals surface area contributed by atoms with Crippen molar-refractivity contribution >= 4 is 23.8 Å². The van der Waals surface area contributed by atoms with Gasteiger partial charge in [0, 0.05) is 18.7 Å². The first-order chi connectivity index (χ1) is 8.91. The molecule has 0 aromatic heterocycles. The molecule has 0 aromatic carbocycles. The molecule has 0 spiro atoms. The molecular formula is C11H13NO7. The van der Waals surface area contributed by atoms with Crippen LogP contribution >= 0.6 is 0 Å². The van der Waals surface area contributed by atoms with Gasteiger partial charge in [-0.15, -0.1) is 0 Å². The first-order valence-electron chi connectivity index (χ1n) is 5.52. The van der Waals surface area contributed by atoms with Crippen LogP contribution in [0.4, 0.5) is 0 Å². The lowest BCUT2D eigenvalue weighted by Crippen LogP contribution is -2.42. The number of hydrogen-bond acceptors (Lipinski definition) is 5. The Hall–Kier alpha value is -2.38. The summed E-state index contributed by atoms with van der Waals surface area (Å²) in [5, 5.41) is 17.2. The summed E-state index contributed by atoms with van der Waals surface area (Å²) in [6.45, 7) is -0.301. The van der Waals surface area contributed by atoms with Crippen molar-refractivity contribution in [3.8, 4) is 0 Å². The summed E-state index contributed by atoms with van der Waals surface area (Å²) in [4.78, 5) is 44.8. The third-order valence-electron chi connectivity index (χ3n) is 2.56. The molecule has 1 aliphatic rings. The van der Waals surface area contributed by atoms with Gasteiger partial charge < -0.3 is 19.8 Å². The van der Waals surface area contributed by atoms with Crippen molar-refractivity contribution in [3.63, 3.8) is 0 Å². The molecule has 0 unspecified atom stereocenters. The SMILES string of the molecule is O=C(O)/C=C/C(=O)OCC(=O)N1CCC[C@H]1C(=O)O. The summed E-state index contributed by atoms with van der Waals surface area (Å²) < 4.78 is 4.52. The highest BCUT2D eigenvalue weighted by molar-refractivity contribution is 5.92. The standard InChI is InChI=1S/C11H13NO7/c13-8(6-19-10(16)4-3-9(14)15)12-5-1-2-7(12)11(17)18/h3-4,7H,1-2,5-6H2,(H,14,15)(H,17,18)/b4-3+/t7-/m0/s1. The molecule has 8 nitrogen and oxygen atoms in total. The zero-order valence-corrected chi connectivity index (χ0v) is 9.94. The Bertz CT molecular complexity index is 429. The number of ether oxygens (including phenoxy) is 1. The average Bonchev–Trinajstić information content (AvgIpc) is 2.82. The highest BCUT2D eigenvalue weighted by Crippen LogP contribution is 2.17. The normalized spacial score (nSPS) is 18.5. The fourth-order valence-electron chi connectivity index (χ4n) is 1.73. The minimum atomic E-state index is -1.31. The van der Waals surface area contributed by atoms with Crippen LogP contribution in [-0.2, 0) is 23.9 Å². The molecule has 8 heteroatoms. The lowest BCUT2D eigenvalue weighted by atomic mass is 10.2. The van der Waals surface area contributed by atoms with Gasteiger partial charge >= 0.3 is 17.9 Å². The number of carboxylic acids is 2. The fraction of sp³-hybridized carbons (Fsp3) is 0.455. The van der Waals surface area contributed by atoms with Gasteiger partial charge in [-0.3, -0.25) is 4.79 Å². The number of carboxylic acid groups (broad SMARTS) is 2. The molecule has 1 aliphatic heterocycles. The van der Waals surface area contributed by atoms with Gasteiger partial charge in [-0.25, -0.2) is 14.4 Å². The molecule has 0 bridgehead atoms. The number of aliphatic carboxylic acids is 2. The molecule has 104 valence electrons. The average molecular weight is 271 g/mol. The Morgan fingerprint density at radius 2 is 1.89 bits per heavy atom. The first-order valence-corrected chi connectivity index (χ1v) is 5.52. The van der Waals surface area contributed by atoms with Crippen LogP contribution in [-0.4, -0.2) is 58.1 Å². The highest BCUT2D eigenvalue weighted by Gasteiger charge is 2.34. The van der Waals surface area contributed by atoms with Gasteiger partial charge in [0.1, 0.15) is 6.04 Å². The summed E-state index contributed by atoms with van der Waals surface area (Å²) >= 11 is 0. The van der Waals surface area contributed by atoms with Crippen molar-refractivity contribution in [2.24, 2.45) is 0 Å². The van der Waals surface area contributed by atoms with Gasteiger partial charge in [-0.1, -0.05) is 0 Å². The smallest absolute Gasteiger partial charge is 0.331 e. The molecule has 1 atom stereocenters. The quantitative estimate of drug-likeness (QED) is 0.498. The highest BCUT2D eigenvalue weighted by atomic mass is 16.5. The van der Waals surface area contributed by atoms with E-state index in [0.29, 0.717) is 31.5 Å². The van der Waals surface area contributed by atoms with E-state index in [9.17, 15) is 19.2 Å². The number of carbonyl (C=O) groups excluding carboxylic acids is 2. The van der Waals surface area contributed by atoms with E-state index in [2.05, 4.69) is 4.74 Å². The van der Waals surface area contributed by atoms with Crippen LogP contribution in [0.1, 0.15) is 12.8 Å². The minimum absolute atomic E-state index is 0.304. The minimum Gasteiger partial charge on any atom is -0.480 e. The Labute approximate surface area is 108 Å². The molecule has 19 heavy (non-hydrogen) atoms. The van der Waals surface area contributed by atoms with E-state index in [4.69, 9.17) is 10.2 Å². The number of amides is 1. The molecule has 1 heterocycles. The molecule has 0 radical (unpaired) electrons. The third-order valence-corrected chi connectivity index (χ3v) is 2.56. The van der Waals surface area contributed by atoms with Gasteiger partial charge in [0.2, 0.25) is 0 Å². The molecule has 0 aliphatic carbocycles. The van der Waals surface area contributed by atoms with Gasteiger partial charge in [-0.2, -0.15) is 0 Å². The summed E-state index contributed by atoms with van der Waals surface area (Å²) in [6.07, 6.45) is 2.21. The predicted molar refractivity (Wildman–Crippen MR) is 60.1 cm³/mol. The Balaban J connectivity index is 2.45. The molecule has 1 rings (SSSR count). The van der Waals surface area contributed by atoms with Crippen LogP contribution in [0.5, 0.6) is 0 Å². The number of rotatable bonds is 5. The Morgan fingerprint density at radius 3 is 2.47 bits per heavy atom. The third kappa shape index (κ3) is 4.41. The van der Waals surface area contributed by atoms with Crippen LogP contribution in [0.15, 0.2) is 12.2 Å². The van der Waals surface area contributed by atoms with E-state index in [1.54, 1.807) is 0 Å². The van der Waals surface area contributed by atoms with Crippen LogP contribution < -0.4 is 0 Å². The number of hydrogen-bond donors (Lipinski definition) is 2. The lowest BCUT2D eigenvalue weighted by molar-refractivity contribution is -0.153. The van der Waals surface area contributed by atoms with E-state index in [0.717, 1.165) is 4.90 Å². The number of nitrogens with zero attached hydrogens (tertiary/aromatic N) is 1. The van der Waals surface area contributed by atoms with Crippen LogP contribution in [0.3, 0.4) is 0 Å². The fourth-order valence-corrected chi connectivity index (χ4v) is 1.73. The topological polar surface area (TPSA) is 121 Å². The molecule has 1 fully saturated rings. The van der Waals surface area contributed by atoms with Crippen LogP contribution in [0.25, 0.3) is 0 Å². The van der Waals surface area contributed by atoms with E-state index in [1.165, 1.54) is 0 Å². The van der Waals surface area contributed by atoms with Crippen molar-refractivity contribution in [1.29, 1.82) is 0 Å². The maximum atomic E-state index is 11.6. The van der Waals surface area contributed by atoms with Gasteiger partial charge in [-0.05, 0) is 12.8 Å². The second-order valence-electron chi connectivity index (χ2n) is 3.86. The van der Waals surface area contributed by atoms with Crippen molar-refractivity contribution < 1.29 is 34.1 Å². The van der Waals surface area contributed by atoms with E-state index in [1.807, 2.05) is 0 Å². The number of likely N-dealkylation sites (tertiary alicyclic amines) is 1. The van der Waals surface area contributed by atoms with E-state index >= 15 is 0 Å². The van der Waals surface area contributed by atoms with Crippen molar-refractivity contribution in [2.45, 2.75) is 18.9 Å². The molecular weight excluding hydrogens is 258 g/mol. The van der Waals surface area contributed by atoms with Crippen molar-refractivity contribution in [2.75, 3.05) is 13.2 Å². The maximum absolute atomic E-state index is 11.6. The Morgan fingerprint density at radius 1 is 1.21 bits per heavy atom. The summed E-state index contributed by atoms with van der Waals surface area (Å²) in [5.74, 6) is -3.99. The van der Waals surface area contributed by atoms with Crippen LogP contribution in [0, 0.1) is 0 Å². The first kappa shape index (κ1) is 14.7. The van der Waals surface area contributed by atoms with Crippen LogP contribution in [0.2, 0.25) is 0 Å². The Kier molecular flexibility index (Phi) is 5.04. The summed E-state index contributed by atoms with van der Waals surface area (Å²) in [7, 11) is 0. The van der Waals surface area contributed by atoms with Gasteiger partial charge in [0.15, 0.2) is 6.61 Å². The summed E-state index contributed by atoms with van der Waals surface area (Å²) in [6, 6.07) is -0.888. The molecule has 0 aromatic rings. The molecule has 2 N–H and O–H groups in total. The molecule has 1 saturated heterocycles. The number of carbonyl (C=O) groups is 4. The summed E-state index contributed by atoms with van der Waals surface area (Å²) in [5.41, 5.74) is 0. The molecule has 1 amide bonds. The van der Waals surface area contributed by atoms with Crippen molar-refractivity contribution in [1.82, 2.24) is 4.90 Å². The largest absolute Gasteiger partial charge is 0.480 e. The second kappa shape index (κ2) is 6.53. The molecule has 0 saturated carbocycles. The predicted octanol–water partition coefficient (Wildman–Crippen LogP) is -0.754. The van der Waals surface area contributed by atoms with Crippen molar-refractivity contribution in [3.05, 3.63) is 12.2 Å².